The van der Waals surface area contributed by atoms with E-state index in [4.69, 9.17) is 5.11 Å². The quantitative estimate of drug-likeness (QED) is 0.812. The number of esters is 1. The third-order valence-corrected chi connectivity index (χ3v) is 3.66. The number of ether oxygens (including phenoxy) is 1. The largest absolute Gasteiger partial charge is 0.478 e. The van der Waals surface area contributed by atoms with Crippen LogP contribution in [0.1, 0.15) is 20.7 Å². The molecule has 0 bridgehead atoms. The van der Waals surface area contributed by atoms with Crippen molar-refractivity contribution in [2.45, 2.75) is 0 Å². The number of nitrogens with zero attached hydrogens (tertiary/aromatic N) is 1. The van der Waals surface area contributed by atoms with Gasteiger partial charge in [-0.05, 0) is 12.1 Å². The Labute approximate surface area is 110 Å². The van der Waals surface area contributed by atoms with Crippen LogP contribution in [0.4, 0.5) is 5.69 Å². The fourth-order valence-corrected chi connectivity index (χ4v) is 2.02. The molecule has 0 amide bonds. The fourth-order valence-electron chi connectivity index (χ4n) is 1.50. The second-order valence-corrected chi connectivity index (χ2v) is 5.74. The molecule has 0 atom stereocenters. The summed E-state index contributed by atoms with van der Waals surface area (Å²) in [6.07, 6.45) is 0.909. The maximum Gasteiger partial charge on any atom is 0.340 e. The molecule has 0 aliphatic rings. The van der Waals surface area contributed by atoms with Gasteiger partial charge in [0.15, 0.2) is 0 Å². The van der Waals surface area contributed by atoms with Crippen LogP contribution >= 0.6 is 0 Å². The maximum atomic E-state index is 11.6. The van der Waals surface area contributed by atoms with Crippen molar-refractivity contribution in [3.63, 3.8) is 0 Å². The predicted molar refractivity (Wildman–Crippen MR) is 68.0 cm³/mol. The van der Waals surface area contributed by atoms with Crippen LogP contribution in [-0.2, 0) is 14.8 Å². The van der Waals surface area contributed by atoms with Crippen LogP contribution in [0.15, 0.2) is 18.2 Å². The molecule has 0 saturated carbocycles. The number of carbonyl (C=O) groups is 2. The standard InChI is InChI=1S/C11H13NO6S/c1-12(19(3,16)17)9-7(10(13)14)5-4-6-8(9)11(15)18-2/h4-6H,1-3H3,(H,13,14). The highest BCUT2D eigenvalue weighted by molar-refractivity contribution is 7.92. The zero-order chi connectivity index (χ0) is 14.8. The van der Waals surface area contributed by atoms with Gasteiger partial charge in [-0.25, -0.2) is 18.0 Å². The Kier molecular flexibility index (Phi) is 4.15. The number of carboxylic acid groups (broad SMARTS) is 1. The zero-order valence-electron chi connectivity index (χ0n) is 10.6. The van der Waals surface area contributed by atoms with Crippen molar-refractivity contribution in [2.75, 3.05) is 24.7 Å². The van der Waals surface area contributed by atoms with Gasteiger partial charge in [-0.15, -0.1) is 0 Å². The highest BCUT2D eigenvalue weighted by atomic mass is 32.2. The summed E-state index contributed by atoms with van der Waals surface area (Å²) < 4.78 is 28.4. The Morgan fingerprint density at radius 1 is 1.26 bits per heavy atom. The molecule has 1 aromatic carbocycles. The lowest BCUT2D eigenvalue weighted by atomic mass is 10.1. The van der Waals surface area contributed by atoms with Gasteiger partial charge in [0.05, 0.1) is 30.2 Å². The molecule has 1 aromatic rings. The van der Waals surface area contributed by atoms with E-state index in [-0.39, 0.29) is 16.8 Å². The average molecular weight is 287 g/mol. The van der Waals surface area contributed by atoms with Gasteiger partial charge in [-0.3, -0.25) is 4.31 Å². The van der Waals surface area contributed by atoms with Gasteiger partial charge in [0.25, 0.3) is 0 Å². The predicted octanol–water partition coefficient (Wildman–Crippen LogP) is 0.567. The zero-order valence-corrected chi connectivity index (χ0v) is 11.4. The van der Waals surface area contributed by atoms with Crippen molar-refractivity contribution >= 4 is 27.6 Å². The summed E-state index contributed by atoms with van der Waals surface area (Å²) in [5.74, 6) is -2.15. The van der Waals surface area contributed by atoms with Gasteiger partial charge in [-0.1, -0.05) is 6.07 Å². The van der Waals surface area contributed by atoms with E-state index in [0.29, 0.717) is 0 Å². The van der Waals surface area contributed by atoms with E-state index in [1.807, 2.05) is 0 Å². The van der Waals surface area contributed by atoms with Crippen LogP contribution in [0, 0.1) is 0 Å². The first-order valence-corrected chi connectivity index (χ1v) is 6.93. The highest BCUT2D eigenvalue weighted by Gasteiger charge is 2.26. The number of hydrogen-bond acceptors (Lipinski definition) is 5. The smallest absolute Gasteiger partial charge is 0.340 e. The van der Waals surface area contributed by atoms with Crippen molar-refractivity contribution in [1.82, 2.24) is 0 Å². The molecule has 0 aromatic heterocycles. The van der Waals surface area contributed by atoms with Crippen molar-refractivity contribution in [1.29, 1.82) is 0 Å². The first-order chi connectivity index (χ1) is 8.70. The van der Waals surface area contributed by atoms with Crippen LogP contribution in [0.2, 0.25) is 0 Å². The number of para-hydroxylation sites is 1. The van der Waals surface area contributed by atoms with Crippen molar-refractivity contribution in [3.8, 4) is 0 Å². The lowest BCUT2D eigenvalue weighted by molar-refractivity contribution is 0.0601. The number of carbonyl (C=O) groups excluding carboxylic acids is 1. The third-order valence-electron chi connectivity index (χ3n) is 2.48. The van der Waals surface area contributed by atoms with E-state index in [1.165, 1.54) is 25.2 Å². The number of methoxy groups -OCH3 is 1. The minimum atomic E-state index is -3.71. The van der Waals surface area contributed by atoms with E-state index in [2.05, 4.69) is 4.74 Å². The molecule has 104 valence electrons. The SMILES string of the molecule is COC(=O)c1cccc(C(=O)O)c1N(C)S(C)(=O)=O. The summed E-state index contributed by atoms with van der Waals surface area (Å²) >= 11 is 0. The first kappa shape index (κ1) is 15.0. The van der Waals surface area contributed by atoms with Crippen molar-refractivity contribution in [2.24, 2.45) is 0 Å². The molecule has 0 fully saturated rings. The molecule has 19 heavy (non-hydrogen) atoms. The van der Waals surface area contributed by atoms with Gasteiger partial charge >= 0.3 is 11.9 Å². The third kappa shape index (κ3) is 3.02. The van der Waals surface area contributed by atoms with Crippen molar-refractivity contribution in [3.05, 3.63) is 29.3 Å². The van der Waals surface area contributed by atoms with Gasteiger partial charge in [0.2, 0.25) is 10.0 Å². The molecule has 7 nitrogen and oxygen atoms in total. The summed E-state index contributed by atoms with van der Waals surface area (Å²) in [7, 11) is -1.42. The van der Waals surface area contributed by atoms with Gasteiger partial charge in [0.1, 0.15) is 0 Å². The molecule has 0 unspecified atom stereocenters. The number of benzene rings is 1. The van der Waals surface area contributed by atoms with Crippen LogP contribution < -0.4 is 4.31 Å². The minimum absolute atomic E-state index is 0.129. The van der Waals surface area contributed by atoms with Crippen LogP contribution in [0.3, 0.4) is 0 Å². The minimum Gasteiger partial charge on any atom is -0.478 e. The molecule has 8 heteroatoms. The lowest BCUT2D eigenvalue weighted by Gasteiger charge is -2.21. The fraction of sp³-hybridized carbons (Fsp3) is 0.273. The summed E-state index contributed by atoms with van der Waals surface area (Å²) in [6, 6.07) is 3.86. The summed E-state index contributed by atoms with van der Waals surface area (Å²) in [5, 5.41) is 9.09. The van der Waals surface area contributed by atoms with Gasteiger partial charge < -0.3 is 9.84 Å². The van der Waals surface area contributed by atoms with E-state index < -0.39 is 22.0 Å². The molecule has 0 aliphatic carbocycles. The van der Waals surface area contributed by atoms with E-state index in [9.17, 15) is 18.0 Å². The van der Waals surface area contributed by atoms with E-state index in [1.54, 1.807) is 0 Å². The number of rotatable bonds is 4. The Morgan fingerprint density at radius 3 is 2.21 bits per heavy atom. The molecule has 0 aliphatic heterocycles. The van der Waals surface area contributed by atoms with Crippen LogP contribution in [0.5, 0.6) is 0 Å². The van der Waals surface area contributed by atoms with Crippen LogP contribution in [-0.4, -0.2) is 45.9 Å². The molecule has 0 heterocycles. The lowest BCUT2D eigenvalue weighted by Crippen LogP contribution is -2.29. The number of sulfonamides is 1. The molecule has 0 spiro atoms. The Balaban J connectivity index is 3.64. The Bertz CT molecular complexity index is 622. The molecular weight excluding hydrogens is 274 g/mol. The van der Waals surface area contributed by atoms with Crippen molar-refractivity contribution < 1.29 is 27.9 Å². The van der Waals surface area contributed by atoms with E-state index in [0.717, 1.165) is 17.7 Å². The molecule has 1 rings (SSSR count). The van der Waals surface area contributed by atoms with Gasteiger partial charge in [0, 0.05) is 7.05 Å². The molecule has 1 N–H and O–H groups in total. The Morgan fingerprint density at radius 2 is 1.79 bits per heavy atom. The van der Waals surface area contributed by atoms with Gasteiger partial charge in [-0.2, -0.15) is 0 Å². The second kappa shape index (κ2) is 5.27. The number of carboxylic acids is 1. The normalized spacial score (nSPS) is 10.9. The topological polar surface area (TPSA) is 101 Å². The molecule has 0 saturated heterocycles. The Hall–Kier alpha value is -2.09. The molecule has 0 radical (unpaired) electrons. The first-order valence-electron chi connectivity index (χ1n) is 5.08. The number of hydrogen-bond donors (Lipinski definition) is 1. The number of aromatic carboxylic acids is 1. The summed E-state index contributed by atoms with van der Waals surface area (Å²) in [6.45, 7) is 0. The maximum absolute atomic E-state index is 11.6. The summed E-state index contributed by atoms with van der Waals surface area (Å²) in [5.41, 5.74) is -0.643. The van der Waals surface area contributed by atoms with Crippen LogP contribution in [0.25, 0.3) is 0 Å². The highest BCUT2D eigenvalue weighted by Crippen LogP contribution is 2.27. The monoisotopic (exact) mass is 287 g/mol. The number of anilines is 1. The second-order valence-electron chi connectivity index (χ2n) is 3.73. The van der Waals surface area contributed by atoms with E-state index >= 15 is 0 Å². The summed E-state index contributed by atoms with van der Waals surface area (Å²) in [4.78, 5) is 22.7. The molecular formula is C11H13NO6S. The average Bonchev–Trinajstić information content (AvgIpc) is 2.34.